The van der Waals surface area contributed by atoms with Crippen LogP contribution in [0.15, 0.2) is 29.2 Å². The van der Waals surface area contributed by atoms with Crippen molar-refractivity contribution in [1.29, 1.82) is 0 Å². The molecule has 0 spiro atoms. The van der Waals surface area contributed by atoms with Crippen LogP contribution in [0.2, 0.25) is 0 Å². The largest absolute Gasteiger partial charge is 0.384 e. The van der Waals surface area contributed by atoms with E-state index >= 15 is 0 Å². The maximum atomic E-state index is 5.23. The number of likely N-dealkylation sites (tertiary alicyclic amines) is 1. The van der Waals surface area contributed by atoms with Crippen LogP contribution in [0.4, 0.5) is 0 Å². The summed E-state index contributed by atoms with van der Waals surface area (Å²) in [7, 11) is 1.80. The van der Waals surface area contributed by atoms with Gasteiger partial charge >= 0.3 is 0 Å². The molecule has 2 nitrogen and oxygen atoms in total. The number of rotatable bonds is 5. The molecule has 0 amide bonds. The average Bonchev–Trinajstić information content (AvgIpc) is 2.78. The predicted molar refractivity (Wildman–Crippen MR) is 73.5 cm³/mol. The summed E-state index contributed by atoms with van der Waals surface area (Å²) in [5.74, 6) is 0.727. The van der Waals surface area contributed by atoms with E-state index in [-0.39, 0.29) is 0 Å². The molecule has 1 fully saturated rings. The minimum atomic E-state index is 0.727. The third-order valence-electron chi connectivity index (χ3n) is 3.34. The Morgan fingerprint density at radius 2 is 2.12 bits per heavy atom. The van der Waals surface area contributed by atoms with Gasteiger partial charge in [-0.05, 0) is 42.8 Å². The minimum absolute atomic E-state index is 0.727. The fraction of sp³-hybridized carbons (Fsp3) is 0.571. The van der Waals surface area contributed by atoms with Gasteiger partial charge < -0.3 is 4.74 Å². The van der Waals surface area contributed by atoms with Gasteiger partial charge in [-0.3, -0.25) is 4.90 Å². The molecule has 0 N–H and O–H groups in total. The van der Waals surface area contributed by atoms with E-state index in [0.29, 0.717) is 0 Å². The lowest BCUT2D eigenvalue weighted by Crippen LogP contribution is -2.21. The molecular formula is C14H21NOS. The minimum Gasteiger partial charge on any atom is -0.384 e. The molecule has 0 radical (unpaired) electrons. The van der Waals surface area contributed by atoms with E-state index in [0.717, 1.165) is 19.1 Å². The molecule has 17 heavy (non-hydrogen) atoms. The van der Waals surface area contributed by atoms with Gasteiger partial charge in [-0.2, -0.15) is 0 Å². The highest BCUT2D eigenvalue weighted by molar-refractivity contribution is 7.98. The summed E-state index contributed by atoms with van der Waals surface area (Å²) in [6.07, 6.45) is 3.39. The van der Waals surface area contributed by atoms with Crippen molar-refractivity contribution >= 4 is 11.8 Å². The lowest BCUT2D eigenvalue weighted by molar-refractivity contribution is 0.152. The third-order valence-corrected chi connectivity index (χ3v) is 4.08. The van der Waals surface area contributed by atoms with E-state index < -0.39 is 0 Å². The van der Waals surface area contributed by atoms with Crippen LogP contribution in [0.5, 0.6) is 0 Å². The van der Waals surface area contributed by atoms with E-state index in [9.17, 15) is 0 Å². The lowest BCUT2D eigenvalue weighted by Gasteiger charge is -2.16. The van der Waals surface area contributed by atoms with Gasteiger partial charge in [0, 0.05) is 25.1 Å². The number of hydrogen-bond donors (Lipinski definition) is 0. The second-order valence-corrected chi connectivity index (χ2v) is 5.57. The molecule has 1 aromatic rings. The molecule has 1 aromatic carbocycles. The van der Waals surface area contributed by atoms with Crippen LogP contribution in [-0.2, 0) is 11.3 Å². The van der Waals surface area contributed by atoms with Gasteiger partial charge in [0.05, 0.1) is 6.61 Å². The Morgan fingerprint density at radius 1 is 1.35 bits per heavy atom. The van der Waals surface area contributed by atoms with Crippen LogP contribution in [-0.4, -0.2) is 38.0 Å². The lowest BCUT2D eigenvalue weighted by atomic mass is 10.1. The monoisotopic (exact) mass is 251 g/mol. The normalized spacial score (nSPS) is 20.9. The zero-order valence-corrected chi connectivity index (χ0v) is 11.5. The smallest absolute Gasteiger partial charge is 0.0503 e. The fourth-order valence-corrected chi connectivity index (χ4v) is 2.83. The number of benzene rings is 1. The van der Waals surface area contributed by atoms with Crippen LogP contribution in [0.25, 0.3) is 0 Å². The number of ether oxygens (including phenoxy) is 1. The van der Waals surface area contributed by atoms with Crippen molar-refractivity contribution in [2.45, 2.75) is 17.9 Å². The van der Waals surface area contributed by atoms with Crippen molar-refractivity contribution in [1.82, 2.24) is 4.90 Å². The third kappa shape index (κ3) is 3.73. The summed E-state index contributed by atoms with van der Waals surface area (Å²) < 4.78 is 5.23. The van der Waals surface area contributed by atoms with E-state index in [1.807, 2.05) is 0 Å². The molecule has 1 atom stereocenters. The second-order valence-electron chi connectivity index (χ2n) is 4.69. The van der Waals surface area contributed by atoms with Crippen molar-refractivity contribution in [3.8, 4) is 0 Å². The van der Waals surface area contributed by atoms with Crippen LogP contribution < -0.4 is 0 Å². The topological polar surface area (TPSA) is 12.5 Å². The molecule has 0 aromatic heterocycles. The first-order valence-electron chi connectivity index (χ1n) is 6.16. The van der Waals surface area contributed by atoms with Crippen molar-refractivity contribution in [2.24, 2.45) is 5.92 Å². The predicted octanol–water partition coefficient (Wildman–Crippen LogP) is 2.88. The van der Waals surface area contributed by atoms with E-state index in [2.05, 4.69) is 35.4 Å². The fourth-order valence-electron chi connectivity index (χ4n) is 2.42. The summed E-state index contributed by atoms with van der Waals surface area (Å²) >= 11 is 1.80. The van der Waals surface area contributed by atoms with Gasteiger partial charge in [-0.15, -0.1) is 11.8 Å². The summed E-state index contributed by atoms with van der Waals surface area (Å²) in [6.45, 7) is 4.37. The molecule has 0 aliphatic carbocycles. The molecule has 1 aliphatic heterocycles. The Bertz CT molecular complexity index is 339. The van der Waals surface area contributed by atoms with Gasteiger partial charge in [-0.1, -0.05) is 12.1 Å². The Kier molecular flexibility index (Phi) is 4.89. The summed E-state index contributed by atoms with van der Waals surface area (Å²) in [4.78, 5) is 3.87. The molecule has 0 saturated carbocycles. The van der Waals surface area contributed by atoms with Crippen LogP contribution >= 0.6 is 11.8 Å². The number of thioether (sulfide) groups is 1. The van der Waals surface area contributed by atoms with Gasteiger partial charge in [0.15, 0.2) is 0 Å². The Labute approximate surface area is 108 Å². The highest BCUT2D eigenvalue weighted by Crippen LogP contribution is 2.20. The molecule has 1 aliphatic rings. The molecular weight excluding hydrogens is 230 g/mol. The highest BCUT2D eigenvalue weighted by atomic mass is 32.2. The molecule has 1 unspecified atom stereocenters. The van der Waals surface area contributed by atoms with Crippen molar-refractivity contribution < 1.29 is 4.74 Å². The summed E-state index contributed by atoms with van der Waals surface area (Å²) in [5, 5.41) is 0. The summed E-state index contributed by atoms with van der Waals surface area (Å²) in [5.41, 5.74) is 1.42. The van der Waals surface area contributed by atoms with Gasteiger partial charge in [0.1, 0.15) is 0 Å². The zero-order chi connectivity index (χ0) is 12.1. The van der Waals surface area contributed by atoms with E-state index in [1.165, 1.54) is 30.0 Å². The van der Waals surface area contributed by atoms with Crippen LogP contribution in [0.3, 0.4) is 0 Å². The number of methoxy groups -OCH3 is 1. The van der Waals surface area contributed by atoms with Gasteiger partial charge in [0.2, 0.25) is 0 Å². The highest BCUT2D eigenvalue weighted by Gasteiger charge is 2.21. The number of nitrogens with zero attached hydrogens (tertiary/aromatic N) is 1. The molecule has 1 saturated heterocycles. The standard InChI is InChI=1S/C14H21NOS/c1-16-11-13-7-8-15(10-13)9-12-3-5-14(17-2)6-4-12/h3-6,13H,7-11H2,1-2H3. The first-order valence-corrected chi connectivity index (χ1v) is 7.38. The second kappa shape index (κ2) is 6.43. The SMILES string of the molecule is COCC1CCN(Cc2ccc(SC)cc2)C1. The Balaban J connectivity index is 1.84. The van der Waals surface area contributed by atoms with Crippen LogP contribution in [0.1, 0.15) is 12.0 Å². The summed E-state index contributed by atoms with van der Waals surface area (Å²) in [6, 6.07) is 8.91. The van der Waals surface area contributed by atoms with Crippen molar-refractivity contribution in [3.63, 3.8) is 0 Å². The van der Waals surface area contributed by atoms with Crippen molar-refractivity contribution in [3.05, 3.63) is 29.8 Å². The molecule has 1 heterocycles. The Hall–Kier alpha value is -0.510. The molecule has 0 bridgehead atoms. The first-order chi connectivity index (χ1) is 8.31. The van der Waals surface area contributed by atoms with Gasteiger partial charge in [0.25, 0.3) is 0 Å². The molecule has 94 valence electrons. The maximum absolute atomic E-state index is 5.23. The first kappa shape index (κ1) is 12.9. The van der Waals surface area contributed by atoms with E-state index in [1.54, 1.807) is 18.9 Å². The molecule has 3 heteroatoms. The Morgan fingerprint density at radius 3 is 2.76 bits per heavy atom. The van der Waals surface area contributed by atoms with Gasteiger partial charge in [-0.25, -0.2) is 0 Å². The van der Waals surface area contributed by atoms with Crippen LogP contribution in [0, 0.1) is 5.92 Å². The van der Waals surface area contributed by atoms with E-state index in [4.69, 9.17) is 4.74 Å². The quantitative estimate of drug-likeness (QED) is 0.747. The van der Waals surface area contributed by atoms with Crippen molar-refractivity contribution in [2.75, 3.05) is 33.1 Å². The maximum Gasteiger partial charge on any atom is 0.0503 e. The average molecular weight is 251 g/mol. The zero-order valence-electron chi connectivity index (χ0n) is 10.7. The number of hydrogen-bond acceptors (Lipinski definition) is 3. The molecule has 2 rings (SSSR count).